The molecule has 7 atom stereocenters. The maximum atomic E-state index is 13.1. The highest BCUT2D eigenvalue weighted by Crippen LogP contribution is 2.24. The SMILES string of the molecule is CCCCC/C=C\CCCCCCCC(=O)OCCCCCCCCCCCCCCCCC/C=C\C/C=C\CCCCCCCCCCCCCCCCCCCC(=O)NC(COC1OC(CO)C(O)C(O)C1O)C(O)/C=C/CC/C=C/CCCCCCCCCCC. The van der Waals surface area contributed by atoms with Crippen molar-refractivity contribution in [1.29, 1.82) is 0 Å². The second-order valence-electron chi connectivity index (χ2n) is 28.1. The molecule has 6 N–H and O–H groups in total. The zero-order chi connectivity index (χ0) is 67.9. The van der Waals surface area contributed by atoms with Gasteiger partial charge in [-0.2, -0.15) is 0 Å². The first-order valence-corrected chi connectivity index (χ1v) is 40.6. The standard InChI is InChI=1S/C83H153NO10/c1-3-5-7-9-11-13-15-17-43-46-49-53-57-61-65-69-76(86)75(74-93-83-82(91)81(90)80(89)77(73-85)94-83)84-78(87)70-66-62-58-54-50-47-44-41-39-37-35-33-31-29-27-25-23-21-19-18-20-22-24-26-28-30-32-34-36-38-40-42-45-48-52-56-60-64-68-72-92-79(88)71-67-63-59-55-51-16-14-12-10-8-6-4-2/h12,14,18-19,22,24,49,53,65,69,75-77,80-83,85-86,89-91H,3-11,13,15-17,20-21,23,25-48,50-52,54-64,66-68,70-74H2,1-2H3,(H,84,87)/b14-12-,19-18-,24-22-,53-49+,69-65+. The van der Waals surface area contributed by atoms with E-state index in [1.807, 2.05) is 6.08 Å². The summed E-state index contributed by atoms with van der Waals surface area (Å²) in [6.45, 7) is 4.35. The van der Waals surface area contributed by atoms with Crippen LogP contribution >= 0.6 is 0 Å². The third-order valence-electron chi connectivity index (χ3n) is 19.1. The van der Waals surface area contributed by atoms with Gasteiger partial charge in [-0.15, -0.1) is 0 Å². The Morgan fingerprint density at radius 1 is 0.394 bits per heavy atom. The molecule has 1 fully saturated rings. The molecule has 7 unspecified atom stereocenters. The van der Waals surface area contributed by atoms with Crippen LogP contribution in [0, 0.1) is 0 Å². The van der Waals surface area contributed by atoms with Gasteiger partial charge in [-0.3, -0.25) is 9.59 Å². The Balaban J connectivity index is 1.93. The van der Waals surface area contributed by atoms with Crippen LogP contribution in [0.25, 0.3) is 0 Å². The largest absolute Gasteiger partial charge is 0.466 e. The lowest BCUT2D eigenvalue weighted by molar-refractivity contribution is -0.302. The fourth-order valence-electron chi connectivity index (χ4n) is 12.7. The molecule has 0 aliphatic carbocycles. The molecule has 0 aromatic carbocycles. The van der Waals surface area contributed by atoms with E-state index in [1.165, 1.54) is 302 Å². The Bertz CT molecular complexity index is 1750. The van der Waals surface area contributed by atoms with E-state index in [9.17, 15) is 35.1 Å². The lowest BCUT2D eigenvalue weighted by Crippen LogP contribution is -2.60. The monoisotopic (exact) mass is 1320 g/mol. The molecule has 1 aliphatic rings. The van der Waals surface area contributed by atoms with Gasteiger partial charge in [-0.25, -0.2) is 0 Å². The molecule has 0 bridgehead atoms. The summed E-state index contributed by atoms with van der Waals surface area (Å²) in [6.07, 6.45) is 86.8. The van der Waals surface area contributed by atoms with Crippen molar-refractivity contribution in [3.8, 4) is 0 Å². The predicted octanol–water partition coefficient (Wildman–Crippen LogP) is 22.0. The molecule has 1 saturated heterocycles. The zero-order valence-electron chi connectivity index (χ0n) is 61.4. The lowest BCUT2D eigenvalue weighted by atomic mass is 9.99. The lowest BCUT2D eigenvalue weighted by Gasteiger charge is -2.40. The average molecular weight is 1330 g/mol. The van der Waals surface area contributed by atoms with Gasteiger partial charge in [0.15, 0.2) is 6.29 Å². The van der Waals surface area contributed by atoms with Gasteiger partial charge < -0.3 is 45.1 Å². The van der Waals surface area contributed by atoms with E-state index >= 15 is 0 Å². The van der Waals surface area contributed by atoms with Crippen molar-refractivity contribution in [3.05, 3.63) is 60.8 Å². The topological polar surface area (TPSA) is 175 Å². The second kappa shape index (κ2) is 71.6. The minimum atomic E-state index is -1.58. The van der Waals surface area contributed by atoms with Gasteiger partial charge in [0.2, 0.25) is 5.91 Å². The maximum absolute atomic E-state index is 13.1. The number of hydrogen-bond donors (Lipinski definition) is 6. The number of carbonyl (C=O) groups is 2. The molecule has 0 aromatic rings. The molecule has 550 valence electrons. The Kier molecular flexibility index (Phi) is 68.1. The zero-order valence-corrected chi connectivity index (χ0v) is 61.4. The minimum Gasteiger partial charge on any atom is -0.466 e. The fraction of sp³-hybridized carbons (Fsp3) is 0.855. The fourth-order valence-corrected chi connectivity index (χ4v) is 12.7. The van der Waals surface area contributed by atoms with Gasteiger partial charge in [-0.1, -0.05) is 338 Å². The van der Waals surface area contributed by atoms with Crippen LogP contribution in [0.15, 0.2) is 60.8 Å². The molecule has 11 heteroatoms. The molecule has 0 radical (unpaired) electrons. The van der Waals surface area contributed by atoms with Crippen molar-refractivity contribution in [2.24, 2.45) is 0 Å². The molecule has 0 aromatic heterocycles. The highest BCUT2D eigenvalue weighted by molar-refractivity contribution is 5.76. The summed E-state index contributed by atoms with van der Waals surface area (Å²) in [6, 6.07) is -0.827. The number of nitrogens with one attached hydrogen (secondary N) is 1. The second-order valence-corrected chi connectivity index (χ2v) is 28.1. The van der Waals surface area contributed by atoms with E-state index in [0.29, 0.717) is 19.4 Å². The summed E-state index contributed by atoms with van der Waals surface area (Å²) in [5.41, 5.74) is 0. The molecule has 1 aliphatic heterocycles. The summed E-state index contributed by atoms with van der Waals surface area (Å²) in [4.78, 5) is 25.1. The number of unbranched alkanes of at least 4 members (excludes halogenated alkanes) is 50. The van der Waals surface area contributed by atoms with E-state index in [1.54, 1.807) is 6.08 Å². The highest BCUT2D eigenvalue weighted by Gasteiger charge is 2.44. The van der Waals surface area contributed by atoms with Crippen LogP contribution in [0.2, 0.25) is 0 Å². The number of ether oxygens (including phenoxy) is 3. The van der Waals surface area contributed by atoms with Crippen LogP contribution in [0.4, 0.5) is 0 Å². The molecular weight excluding hydrogens is 1170 g/mol. The van der Waals surface area contributed by atoms with E-state index in [4.69, 9.17) is 14.2 Å². The number of carbonyl (C=O) groups excluding carboxylic acids is 2. The normalized spacial score (nSPS) is 17.7. The quantitative estimate of drug-likeness (QED) is 0.0195. The summed E-state index contributed by atoms with van der Waals surface area (Å²) < 4.78 is 16.8. The van der Waals surface area contributed by atoms with Crippen LogP contribution in [0.5, 0.6) is 0 Å². The van der Waals surface area contributed by atoms with Gasteiger partial charge >= 0.3 is 5.97 Å². The number of allylic oxidation sites excluding steroid dienone is 9. The van der Waals surface area contributed by atoms with Crippen LogP contribution in [-0.2, 0) is 23.8 Å². The van der Waals surface area contributed by atoms with Crippen LogP contribution in [0.3, 0.4) is 0 Å². The van der Waals surface area contributed by atoms with Crippen molar-refractivity contribution in [3.63, 3.8) is 0 Å². The molecule has 1 rings (SSSR count). The number of rotatable bonds is 72. The van der Waals surface area contributed by atoms with E-state index < -0.39 is 49.5 Å². The smallest absolute Gasteiger partial charge is 0.305 e. The number of aliphatic hydroxyl groups excluding tert-OH is 5. The number of aliphatic hydroxyl groups is 5. The van der Waals surface area contributed by atoms with Crippen molar-refractivity contribution in [1.82, 2.24) is 5.32 Å². The highest BCUT2D eigenvalue weighted by atomic mass is 16.7. The molecule has 1 amide bonds. The third-order valence-corrected chi connectivity index (χ3v) is 19.1. The number of amides is 1. The Morgan fingerprint density at radius 2 is 0.723 bits per heavy atom. The van der Waals surface area contributed by atoms with Crippen LogP contribution in [0.1, 0.15) is 393 Å². The number of hydrogen-bond acceptors (Lipinski definition) is 10. The maximum Gasteiger partial charge on any atom is 0.305 e. The average Bonchev–Trinajstić information content (AvgIpc) is 0.856. The molecule has 11 nitrogen and oxygen atoms in total. The van der Waals surface area contributed by atoms with Gasteiger partial charge in [0.1, 0.15) is 24.4 Å². The Labute approximate surface area is 579 Å². The third kappa shape index (κ3) is 59.4. The Morgan fingerprint density at radius 3 is 1.14 bits per heavy atom. The van der Waals surface area contributed by atoms with Crippen LogP contribution < -0.4 is 5.32 Å². The first-order chi connectivity index (χ1) is 46.2. The van der Waals surface area contributed by atoms with Crippen LogP contribution in [-0.4, -0.2) is 100 Å². The van der Waals surface area contributed by atoms with Gasteiger partial charge in [-0.05, 0) is 103 Å². The first-order valence-electron chi connectivity index (χ1n) is 40.6. The predicted molar refractivity (Wildman–Crippen MR) is 398 cm³/mol. The summed E-state index contributed by atoms with van der Waals surface area (Å²) in [5.74, 6) is -0.182. The van der Waals surface area contributed by atoms with Gasteiger partial charge in [0.05, 0.1) is 32.0 Å². The van der Waals surface area contributed by atoms with Crippen molar-refractivity contribution in [2.75, 3.05) is 19.8 Å². The van der Waals surface area contributed by atoms with E-state index in [-0.39, 0.29) is 18.5 Å². The van der Waals surface area contributed by atoms with Gasteiger partial charge in [0.25, 0.3) is 0 Å². The number of esters is 1. The molecule has 1 heterocycles. The first kappa shape index (κ1) is 89.4. The molecule has 0 saturated carbocycles. The summed E-state index contributed by atoms with van der Waals surface area (Å²) >= 11 is 0. The van der Waals surface area contributed by atoms with E-state index in [0.717, 1.165) is 64.2 Å². The van der Waals surface area contributed by atoms with Crippen molar-refractivity contribution >= 4 is 11.9 Å². The minimum absolute atomic E-state index is 0.00444. The van der Waals surface area contributed by atoms with Gasteiger partial charge in [0, 0.05) is 12.8 Å². The van der Waals surface area contributed by atoms with Crippen molar-refractivity contribution < 1.29 is 49.3 Å². The molecule has 0 spiro atoms. The van der Waals surface area contributed by atoms with E-state index in [2.05, 4.69) is 67.8 Å². The summed E-state index contributed by atoms with van der Waals surface area (Å²) in [7, 11) is 0. The summed E-state index contributed by atoms with van der Waals surface area (Å²) in [5, 5.41) is 54.6. The molecular formula is C83H153NO10. The molecule has 94 heavy (non-hydrogen) atoms. The Hall–Kier alpha value is -2.64. The van der Waals surface area contributed by atoms with Crippen molar-refractivity contribution in [2.45, 2.75) is 436 Å².